The van der Waals surface area contributed by atoms with Crippen LogP contribution in [-0.4, -0.2) is 53.7 Å². The number of hydrogen-bond acceptors (Lipinski definition) is 3. The summed E-state index contributed by atoms with van der Waals surface area (Å²) in [6.07, 6.45) is 1.62. The molecule has 0 spiro atoms. The lowest BCUT2D eigenvalue weighted by Crippen LogP contribution is -2.46. The molecule has 6 nitrogen and oxygen atoms in total. The van der Waals surface area contributed by atoms with E-state index in [-0.39, 0.29) is 36.0 Å². The van der Waals surface area contributed by atoms with Gasteiger partial charge in [-0.3, -0.25) is 14.4 Å². The van der Waals surface area contributed by atoms with Gasteiger partial charge in [-0.25, -0.2) is 0 Å². The number of nitrogens with zero attached hydrogens (tertiary/aromatic N) is 3. The van der Waals surface area contributed by atoms with E-state index in [1.54, 1.807) is 4.90 Å². The van der Waals surface area contributed by atoms with Crippen molar-refractivity contribution < 1.29 is 14.4 Å². The quantitative estimate of drug-likeness (QED) is 0.702. The van der Waals surface area contributed by atoms with Gasteiger partial charge in [0.05, 0.1) is 5.92 Å². The highest BCUT2D eigenvalue weighted by molar-refractivity contribution is 6.00. The lowest BCUT2D eigenvalue weighted by molar-refractivity contribution is -0.142. The van der Waals surface area contributed by atoms with Gasteiger partial charge in [0, 0.05) is 50.7 Å². The Bertz CT molecular complexity index is 939. The van der Waals surface area contributed by atoms with Crippen molar-refractivity contribution >= 4 is 23.4 Å². The third-order valence-electron chi connectivity index (χ3n) is 6.61. The molecule has 0 radical (unpaired) electrons. The summed E-state index contributed by atoms with van der Waals surface area (Å²) in [5.41, 5.74) is 1.97. The molecule has 6 heteroatoms. The second kappa shape index (κ2) is 9.98. The summed E-state index contributed by atoms with van der Waals surface area (Å²) in [6, 6.07) is 19.6. The Morgan fingerprint density at radius 2 is 1.56 bits per heavy atom. The summed E-state index contributed by atoms with van der Waals surface area (Å²) in [5.74, 6) is -0.137. The number of benzene rings is 2. The number of carbonyl (C=O) groups is 3. The Balaban J connectivity index is 1.31. The molecule has 0 saturated carbocycles. The molecule has 0 aromatic heterocycles. The minimum atomic E-state index is -0.305. The number of para-hydroxylation sites is 1. The van der Waals surface area contributed by atoms with Crippen LogP contribution in [0.4, 0.5) is 5.69 Å². The highest BCUT2D eigenvalue weighted by atomic mass is 16.2. The Morgan fingerprint density at radius 3 is 2.19 bits per heavy atom. The van der Waals surface area contributed by atoms with Gasteiger partial charge in [0.25, 0.3) is 0 Å². The van der Waals surface area contributed by atoms with E-state index in [1.165, 1.54) is 0 Å². The predicted molar refractivity (Wildman–Crippen MR) is 124 cm³/mol. The summed E-state index contributed by atoms with van der Waals surface area (Å²) < 4.78 is 0. The van der Waals surface area contributed by atoms with Crippen LogP contribution in [0.1, 0.15) is 31.7 Å². The van der Waals surface area contributed by atoms with E-state index >= 15 is 0 Å². The Kier molecular flexibility index (Phi) is 6.88. The first-order valence-electron chi connectivity index (χ1n) is 11.5. The fourth-order valence-corrected chi connectivity index (χ4v) is 4.74. The average molecular weight is 434 g/mol. The first-order valence-corrected chi connectivity index (χ1v) is 11.5. The molecule has 2 fully saturated rings. The first-order chi connectivity index (χ1) is 15.6. The smallest absolute Gasteiger partial charge is 0.228 e. The Morgan fingerprint density at radius 1 is 0.938 bits per heavy atom. The highest BCUT2D eigenvalue weighted by Crippen LogP contribution is 2.28. The van der Waals surface area contributed by atoms with Crippen LogP contribution in [0.5, 0.6) is 0 Å². The summed E-state index contributed by atoms with van der Waals surface area (Å²) in [6.45, 7) is 4.89. The molecule has 2 aliphatic heterocycles. The van der Waals surface area contributed by atoms with E-state index in [0.717, 1.165) is 11.3 Å². The maximum atomic E-state index is 13.1. The van der Waals surface area contributed by atoms with Crippen molar-refractivity contribution in [3.63, 3.8) is 0 Å². The Labute approximate surface area is 189 Å². The van der Waals surface area contributed by atoms with Crippen LogP contribution >= 0.6 is 0 Å². The minimum Gasteiger partial charge on any atom is -0.342 e. The molecule has 0 bridgehead atoms. The van der Waals surface area contributed by atoms with E-state index < -0.39 is 0 Å². The largest absolute Gasteiger partial charge is 0.342 e. The molecule has 0 N–H and O–H groups in total. The van der Waals surface area contributed by atoms with Crippen molar-refractivity contribution in [2.24, 2.45) is 11.8 Å². The van der Waals surface area contributed by atoms with Crippen LogP contribution in [0.25, 0.3) is 0 Å². The van der Waals surface area contributed by atoms with Crippen LogP contribution in [0.15, 0.2) is 60.7 Å². The van der Waals surface area contributed by atoms with Crippen molar-refractivity contribution in [2.75, 3.05) is 31.1 Å². The van der Waals surface area contributed by atoms with Gasteiger partial charge in [-0.1, -0.05) is 48.5 Å². The molecular weight excluding hydrogens is 402 g/mol. The van der Waals surface area contributed by atoms with Crippen LogP contribution < -0.4 is 4.90 Å². The van der Waals surface area contributed by atoms with Gasteiger partial charge in [0.15, 0.2) is 0 Å². The third kappa shape index (κ3) is 4.85. The molecule has 4 rings (SSSR count). The molecule has 2 aromatic carbocycles. The molecule has 1 atom stereocenters. The van der Waals surface area contributed by atoms with Crippen molar-refractivity contribution in [2.45, 2.75) is 32.7 Å². The van der Waals surface area contributed by atoms with E-state index in [9.17, 15) is 14.4 Å². The van der Waals surface area contributed by atoms with Gasteiger partial charge in [0.2, 0.25) is 17.7 Å². The fourth-order valence-electron chi connectivity index (χ4n) is 4.74. The fraction of sp³-hybridized carbons (Fsp3) is 0.423. The van der Waals surface area contributed by atoms with Gasteiger partial charge < -0.3 is 14.7 Å². The van der Waals surface area contributed by atoms with Gasteiger partial charge >= 0.3 is 0 Å². The molecule has 32 heavy (non-hydrogen) atoms. The second-order valence-corrected chi connectivity index (χ2v) is 8.68. The van der Waals surface area contributed by atoms with E-state index in [2.05, 4.69) is 0 Å². The van der Waals surface area contributed by atoms with E-state index in [4.69, 9.17) is 0 Å². The summed E-state index contributed by atoms with van der Waals surface area (Å²) in [7, 11) is 0. The minimum absolute atomic E-state index is 0.000821. The molecular formula is C26H31N3O3. The lowest BCUT2D eigenvalue weighted by Gasteiger charge is -2.35. The first kappa shape index (κ1) is 22.1. The van der Waals surface area contributed by atoms with Gasteiger partial charge in [-0.2, -0.15) is 0 Å². The normalized spacial score (nSPS) is 19.3. The number of piperidine rings is 1. The average Bonchev–Trinajstić information content (AvgIpc) is 3.24. The predicted octanol–water partition coefficient (Wildman–Crippen LogP) is 3.33. The van der Waals surface area contributed by atoms with Crippen molar-refractivity contribution in [1.29, 1.82) is 0 Å². The molecule has 2 aliphatic rings. The van der Waals surface area contributed by atoms with Crippen molar-refractivity contribution in [3.05, 3.63) is 66.2 Å². The van der Waals surface area contributed by atoms with E-state index in [1.807, 2.05) is 77.4 Å². The number of hydrogen-bond donors (Lipinski definition) is 0. The maximum Gasteiger partial charge on any atom is 0.228 e. The van der Waals surface area contributed by atoms with Gasteiger partial charge in [-0.05, 0) is 37.5 Å². The number of carbonyl (C=O) groups excluding carboxylic acids is 3. The van der Waals surface area contributed by atoms with E-state index in [0.29, 0.717) is 45.6 Å². The summed E-state index contributed by atoms with van der Waals surface area (Å²) in [4.78, 5) is 44.1. The third-order valence-corrected chi connectivity index (χ3v) is 6.61. The summed E-state index contributed by atoms with van der Waals surface area (Å²) >= 11 is 0. The zero-order chi connectivity index (χ0) is 22.5. The van der Waals surface area contributed by atoms with Crippen molar-refractivity contribution in [3.8, 4) is 0 Å². The SMILES string of the molecule is CCN(Cc1ccccc1)C(=O)C1CCN(C(=O)C2CC(=O)N(c3ccccc3)C2)CC1. The molecule has 0 aliphatic carbocycles. The zero-order valence-electron chi connectivity index (χ0n) is 18.7. The lowest BCUT2D eigenvalue weighted by atomic mass is 9.93. The zero-order valence-corrected chi connectivity index (χ0v) is 18.7. The maximum absolute atomic E-state index is 13.1. The number of likely N-dealkylation sites (tertiary alicyclic amines) is 1. The van der Waals surface area contributed by atoms with Crippen molar-refractivity contribution in [1.82, 2.24) is 9.80 Å². The standard InChI is InChI=1S/C26H31N3O3/c1-2-27(18-20-9-5-3-6-10-20)25(31)21-13-15-28(16-14-21)26(32)22-17-24(30)29(19-22)23-11-7-4-8-12-23/h3-12,21-22H,2,13-19H2,1H3. The van der Waals surface area contributed by atoms with Gasteiger partial charge in [0.1, 0.15) is 0 Å². The number of rotatable bonds is 6. The highest BCUT2D eigenvalue weighted by Gasteiger charge is 2.39. The molecule has 168 valence electrons. The molecule has 2 heterocycles. The van der Waals surface area contributed by atoms with Crippen LogP contribution in [0.2, 0.25) is 0 Å². The Hall–Kier alpha value is -3.15. The molecule has 3 amide bonds. The molecule has 2 saturated heterocycles. The van der Waals surface area contributed by atoms with Crippen LogP contribution in [0, 0.1) is 11.8 Å². The topological polar surface area (TPSA) is 60.9 Å². The number of amides is 3. The monoisotopic (exact) mass is 433 g/mol. The van der Waals surface area contributed by atoms with Gasteiger partial charge in [-0.15, -0.1) is 0 Å². The molecule has 1 unspecified atom stereocenters. The van der Waals surface area contributed by atoms with Crippen LogP contribution in [0.3, 0.4) is 0 Å². The van der Waals surface area contributed by atoms with Crippen LogP contribution in [-0.2, 0) is 20.9 Å². The molecule has 2 aromatic rings. The summed E-state index contributed by atoms with van der Waals surface area (Å²) in [5, 5.41) is 0. The number of anilines is 1. The second-order valence-electron chi connectivity index (χ2n) is 8.68.